The zero-order valence-corrected chi connectivity index (χ0v) is 108. The first-order chi connectivity index (χ1) is 66.4. The van der Waals surface area contributed by atoms with Gasteiger partial charge in [-0.15, -0.1) is 39.9 Å². The lowest BCUT2D eigenvalue weighted by Crippen LogP contribution is -2.43. The molecule has 3 aliphatic carbocycles. The standard InChI is InChI=1S/C19H38OSi.C18H36OSi.C17H34OSi.C16H32OSi.C15H30O6.C13H26O5.C13H24O.C12H20O/c1-16(2)21(17(3)4,18(5)6)15-13-11-10-12-14-20-19(7,8)9;1-15(2)20(16(3)4,17(5)6)14-12-10-11-13-19-18(7,8)9;1-14(2)19(15(3)4,16(5)6)13-11-10-12-18-17(7,8)9;1-13(2)18(14(3)4,15(5)6)12-10-11-17-16(7,8)9;1-15(2,3)21-13-14-12-19-9-8-17-5-4-16-6-7-18-10-11-20-14;1-13(2,3)18-11-12-10-16-7-6-14-4-5-15-8-9-17-12;1-13(2,3)14-11-12-9-7-5-4-6-8-10-12;1-12(2,3)13-8-11-7-9-4-5-10(11)6-9/h16-18H,10-12,14H2,1-9H3;15-17H,10-11,13H2,1-9H3;14-16H,10,12H2,1-9H3;13-15H,11H2,1-9H3;14H,4-13H2,1-3H3;12H,4-11H2,1-3H3;4-5,12H,6-11H2,1-3H3;4-5,9-11H,6-8H2,1-3H3/b;;;;;;5-4-;. The predicted octanol–water partition coefficient (Wildman–Crippen LogP) is 31.9. The summed E-state index contributed by atoms with van der Waals surface area (Å²) in [5, 5.41) is 0. The van der Waals surface area contributed by atoms with Gasteiger partial charge in [-0.2, -0.15) is 0 Å². The van der Waals surface area contributed by atoms with Crippen molar-refractivity contribution in [3.63, 3.8) is 0 Å². The molecule has 0 aromatic rings. The first-order valence-corrected chi connectivity index (χ1v) is 66.1. The molecule has 21 heteroatoms. The van der Waals surface area contributed by atoms with E-state index < -0.39 is 32.3 Å². The van der Waals surface area contributed by atoms with Gasteiger partial charge in [0.1, 0.15) is 51.1 Å². The number of allylic oxidation sites excluding steroid dienone is 4. The zero-order valence-electron chi connectivity index (χ0n) is 104. The minimum atomic E-state index is -1.57. The van der Waals surface area contributed by atoms with E-state index in [9.17, 15) is 0 Å². The Kier molecular flexibility index (Phi) is 77.6. The average Bonchev–Trinajstić information content (AvgIpc) is 1.27. The summed E-state index contributed by atoms with van der Waals surface area (Å²) in [6, 6.07) is 0. The molecule has 0 radical (unpaired) electrons. The molecule has 0 N–H and O–H groups in total. The number of hydrogen-bond donors (Lipinski definition) is 0. The maximum Gasteiger partial charge on any atom is 0.146 e. The molecule has 0 aromatic heterocycles. The van der Waals surface area contributed by atoms with Crippen LogP contribution in [0.3, 0.4) is 0 Å². The van der Waals surface area contributed by atoms with E-state index in [1.807, 2.05) is 41.5 Å². The second kappa shape index (κ2) is 76.5. The van der Waals surface area contributed by atoms with Gasteiger partial charge in [-0.1, -0.05) is 196 Å². The van der Waals surface area contributed by atoms with Gasteiger partial charge in [0, 0.05) is 32.5 Å². The maximum absolute atomic E-state index is 5.84. The highest BCUT2D eigenvalue weighted by Crippen LogP contribution is 2.46. The van der Waals surface area contributed by atoms with Crippen molar-refractivity contribution in [3.05, 3.63) is 24.3 Å². The molecule has 2 heterocycles. The van der Waals surface area contributed by atoms with Crippen LogP contribution in [0.15, 0.2) is 24.3 Å². The number of hydrogen-bond acceptors (Lipinski definition) is 17. The fourth-order valence-electron chi connectivity index (χ4n) is 19.7. The second-order valence-corrected chi connectivity index (χ2v) is 74.5. The van der Waals surface area contributed by atoms with E-state index in [4.69, 9.17) is 80.5 Å². The SMILES string of the molecule is CC(C)(C)OCC1CC/C=C\CCC1.CC(C)(C)OCC1CC2C=CC1C2.CC(C)(C)OCC1COCCOCCOCCO1.CC(C)(C)OCC1COCCOCCOCCOCCO1.CC(C)[Si](C#CCCCCOC(C)(C)C)(C(C)C)C(C)C.CC(C)[Si](C#CCCCOC(C)(C)C)(C(C)C)C(C)C.CC(C)[Si](C#CCCOC(C)(C)C)(C(C)C)C(C)C.CC(C)[Si](C#CCOC(C)(C)C)(C(C)C)C(C)C. The molecule has 6 atom stereocenters. The smallest absolute Gasteiger partial charge is 0.146 e. The highest BCUT2D eigenvalue weighted by Gasteiger charge is 2.46. The minimum Gasteiger partial charge on any atom is -0.377 e. The number of ether oxygens (including phenoxy) is 17. The van der Waals surface area contributed by atoms with E-state index in [0.29, 0.717) is 159 Å². The minimum absolute atomic E-state index is 0.0132. The molecule has 5 aliphatic rings. The second-order valence-electron chi connectivity index (χ2n) is 52.2. The molecule has 0 spiro atoms. The Morgan fingerprint density at radius 2 is 0.556 bits per heavy atom. The lowest BCUT2D eigenvalue weighted by atomic mass is 9.94. The van der Waals surface area contributed by atoms with Crippen molar-refractivity contribution in [2.45, 2.75) is 539 Å². The first-order valence-electron chi connectivity index (χ1n) is 57.1. The molecule has 0 aromatic carbocycles. The molecule has 2 bridgehead atoms. The zero-order chi connectivity index (χ0) is 111. The maximum atomic E-state index is 5.84. The molecule has 2 saturated heterocycles. The van der Waals surface area contributed by atoms with Crippen molar-refractivity contribution in [1.29, 1.82) is 0 Å². The van der Waals surface area contributed by atoms with Crippen LogP contribution in [0.25, 0.3) is 0 Å². The fourth-order valence-corrected chi connectivity index (χ4v) is 40.9. The van der Waals surface area contributed by atoms with Crippen molar-refractivity contribution in [3.8, 4) is 45.9 Å². The van der Waals surface area contributed by atoms with Gasteiger partial charge >= 0.3 is 0 Å². The summed E-state index contributed by atoms with van der Waals surface area (Å²) >= 11 is 0. The van der Waals surface area contributed by atoms with Gasteiger partial charge in [-0.25, -0.2) is 0 Å². The molecule has 5 rings (SSSR count). The summed E-state index contributed by atoms with van der Waals surface area (Å²) in [5.41, 5.74) is 23.1. The van der Waals surface area contributed by atoms with Crippen molar-refractivity contribution >= 4 is 32.3 Å². The Bertz CT molecular complexity index is 3350. The summed E-state index contributed by atoms with van der Waals surface area (Å²) in [6.07, 6.45) is 24.6. The van der Waals surface area contributed by atoms with Crippen LogP contribution < -0.4 is 0 Å². The molecule has 144 heavy (non-hydrogen) atoms. The summed E-state index contributed by atoms with van der Waals surface area (Å²) < 4.78 is 95.5. The van der Waals surface area contributed by atoms with Gasteiger partial charge in [0.25, 0.3) is 0 Å². The number of fused-ring (bicyclic) bond motifs is 2. The molecular formula is C123H240O17Si4. The third-order valence-corrected chi connectivity index (χ3v) is 52.4. The Balaban J connectivity index is -0.00000158. The average molecular weight is 2100 g/mol. The highest BCUT2D eigenvalue weighted by molar-refractivity contribution is 6.92. The van der Waals surface area contributed by atoms with Crippen LogP contribution in [0, 0.1) is 69.5 Å². The van der Waals surface area contributed by atoms with Crippen molar-refractivity contribution in [2.24, 2.45) is 23.7 Å². The summed E-state index contributed by atoms with van der Waals surface area (Å²) in [6.45, 7) is 122. The van der Waals surface area contributed by atoms with Gasteiger partial charge in [0.2, 0.25) is 0 Å². The number of rotatable bonds is 30. The lowest BCUT2D eigenvalue weighted by Gasteiger charge is -2.38. The molecule has 2 aliphatic heterocycles. The van der Waals surface area contributed by atoms with E-state index >= 15 is 0 Å². The molecule has 3 fully saturated rings. The lowest BCUT2D eigenvalue weighted by molar-refractivity contribution is -0.113. The summed E-state index contributed by atoms with van der Waals surface area (Å²) in [5.74, 6) is 17.0. The summed E-state index contributed by atoms with van der Waals surface area (Å²) in [7, 11) is -6.15. The fraction of sp³-hybridized carbons (Fsp3) is 0.902. The van der Waals surface area contributed by atoms with E-state index in [-0.39, 0.29) is 57.0 Å². The van der Waals surface area contributed by atoms with Crippen LogP contribution in [-0.4, -0.2) is 248 Å². The molecule has 17 nitrogen and oxygen atoms in total. The summed E-state index contributed by atoms with van der Waals surface area (Å²) in [4.78, 5) is 0. The van der Waals surface area contributed by atoms with Gasteiger partial charge in [0.05, 0.1) is 184 Å². The van der Waals surface area contributed by atoms with Crippen LogP contribution >= 0.6 is 0 Å². The van der Waals surface area contributed by atoms with Crippen LogP contribution in [0.2, 0.25) is 66.5 Å². The Hall–Kier alpha value is -2.09. The highest BCUT2D eigenvalue weighted by atomic mass is 28.3. The van der Waals surface area contributed by atoms with Crippen molar-refractivity contribution < 1.29 is 80.5 Å². The van der Waals surface area contributed by atoms with Gasteiger partial charge in [0.15, 0.2) is 0 Å². The third kappa shape index (κ3) is 71.8. The van der Waals surface area contributed by atoms with Crippen LogP contribution in [0.4, 0.5) is 0 Å². The first kappa shape index (κ1) is 146. The third-order valence-electron chi connectivity index (χ3n) is 27.1. The normalized spacial score (nSPS) is 19.8. The van der Waals surface area contributed by atoms with E-state index in [1.54, 1.807) is 0 Å². The largest absolute Gasteiger partial charge is 0.377 e. The topological polar surface area (TPSA) is 157 Å². The Labute approximate surface area is 898 Å². The molecule has 0 amide bonds. The molecule has 6 unspecified atom stereocenters. The molecule has 850 valence electrons. The predicted molar refractivity (Wildman–Crippen MR) is 628 cm³/mol. The van der Waals surface area contributed by atoms with Crippen LogP contribution in [0.1, 0.15) is 416 Å². The Morgan fingerprint density at radius 1 is 0.271 bits per heavy atom. The van der Waals surface area contributed by atoms with Crippen molar-refractivity contribution in [1.82, 2.24) is 0 Å². The van der Waals surface area contributed by atoms with Gasteiger partial charge < -0.3 is 80.5 Å². The molecule has 1 saturated carbocycles. The van der Waals surface area contributed by atoms with Crippen LogP contribution in [-0.2, 0) is 80.5 Å². The monoisotopic (exact) mass is 2100 g/mol. The van der Waals surface area contributed by atoms with E-state index in [2.05, 4.69) is 361 Å². The quantitative estimate of drug-likeness (QED) is 0.0289. The van der Waals surface area contributed by atoms with E-state index in [0.717, 1.165) is 128 Å². The van der Waals surface area contributed by atoms with Gasteiger partial charge in [-0.05, 0) is 321 Å². The Morgan fingerprint density at radius 3 is 0.875 bits per heavy atom. The van der Waals surface area contributed by atoms with Gasteiger partial charge in [-0.3, -0.25) is 0 Å². The van der Waals surface area contributed by atoms with Crippen LogP contribution in [0.5, 0.6) is 0 Å². The van der Waals surface area contributed by atoms with E-state index in [1.165, 1.54) is 44.9 Å². The molecular weight excluding hydrogens is 1860 g/mol. The number of unbranched alkanes of at least 4 members (excludes halogenated alkanes) is 3. The van der Waals surface area contributed by atoms with Crippen molar-refractivity contribution in [2.75, 3.05) is 159 Å².